The van der Waals surface area contributed by atoms with Gasteiger partial charge in [0.25, 0.3) is 0 Å². The molecule has 3 nitrogen and oxygen atoms in total. The van der Waals surface area contributed by atoms with Gasteiger partial charge in [-0.2, -0.15) is 5.06 Å². The lowest BCUT2D eigenvalue weighted by Gasteiger charge is -2.45. The molecule has 1 heterocycles. The third-order valence-corrected chi connectivity index (χ3v) is 3.34. The summed E-state index contributed by atoms with van der Waals surface area (Å²) >= 11 is 0. The van der Waals surface area contributed by atoms with Crippen LogP contribution in [0.25, 0.3) is 0 Å². The molecule has 16 heavy (non-hydrogen) atoms. The van der Waals surface area contributed by atoms with Crippen LogP contribution in [0.2, 0.25) is 0 Å². The first-order valence-electron chi connectivity index (χ1n) is 6.12. The molecule has 1 fully saturated rings. The van der Waals surface area contributed by atoms with E-state index in [0.29, 0.717) is 6.04 Å². The van der Waals surface area contributed by atoms with Crippen LogP contribution in [0.4, 0.5) is 0 Å². The molecule has 0 aliphatic carbocycles. The Morgan fingerprint density at radius 1 is 1.56 bits per heavy atom. The summed E-state index contributed by atoms with van der Waals surface area (Å²) < 4.78 is 0. The number of hydrogen-bond donors (Lipinski definition) is 2. The number of hydroxylamine groups is 2. The van der Waals surface area contributed by atoms with Crippen LogP contribution in [0.5, 0.6) is 0 Å². The summed E-state index contributed by atoms with van der Waals surface area (Å²) in [5, 5.41) is 14.9. The molecule has 0 bridgehead atoms. The second-order valence-corrected chi connectivity index (χ2v) is 5.40. The lowest BCUT2D eigenvalue weighted by molar-refractivity contribution is -0.210. The maximum atomic E-state index is 9.91. The molecule has 1 aliphatic rings. The highest BCUT2D eigenvalue weighted by molar-refractivity contribution is 4.92. The normalized spacial score (nSPS) is 29.9. The Morgan fingerprint density at radius 3 is 2.81 bits per heavy atom. The van der Waals surface area contributed by atoms with Gasteiger partial charge in [-0.1, -0.05) is 0 Å². The Balaban J connectivity index is 2.37. The highest BCUT2D eigenvalue weighted by Gasteiger charge is 2.37. The fourth-order valence-corrected chi connectivity index (χ4v) is 2.54. The fraction of sp³-hybridized carbons (Fsp3) is 0.846. The maximum absolute atomic E-state index is 9.91. The van der Waals surface area contributed by atoms with Gasteiger partial charge in [-0.3, -0.25) is 0 Å². The first kappa shape index (κ1) is 13.5. The lowest BCUT2D eigenvalue weighted by atomic mass is 9.85. The molecule has 1 rings (SSSR count). The van der Waals surface area contributed by atoms with Crippen LogP contribution < -0.4 is 5.32 Å². The molecule has 2 unspecified atom stereocenters. The molecule has 2 N–H and O–H groups in total. The summed E-state index contributed by atoms with van der Waals surface area (Å²) in [4.78, 5) is 0. The minimum atomic E-state index is -0.137. The first-order chi connectivity index (χ1) is 7.47. The zero-order valence-corrected chi connectivity index (χ0v) is 10.7. The number of piperidine rings is 1. The standard InChI is InChI=1S/C13H24N2O/c1-5-6-7-8-14-12-9-11(2)15(16)13(3,4)10-12/h1,11-12,14,16H,6-10H2,2-4H3. The average molecular weight is 224 g/mol. The van der Waals surface area contributed by atoms with Gasteiger partial charge in [-0.25, -0.2) is 0 Å². The van der Waals surface area contributed by atoms with Gasteiger partial charge in [0.15, 0.2) is 0 Å². The van der Waals surface area contributed by atoms with Crippen LogP contribution in [0.3, 0.4) is 0 Å². The van der Waals surface area contributed by atoms with Crippen molar-refractivity contribution in [2.24, 2.45) is 0 Å². The quantitative estimate of drug-likeness (QED) is 0.566. The molecule has 0 radical (unpaired) electrons. The number of unbranched alkanes of at least 4 members (excludes halogenated alkanes) is 1. The maximum Gasteiger partial charge on any atom is 0.0422 e. The van der Waals surface area contributed by atoms with E-state index < -0.39 is 0 Å². The zero-order valence-electron chi connectivity index (χ0n) is 10.7. The molecular weight excluding hydrogens is 200 g/mol. The second kappa shape index (κ2) is 5.67. The Kier molecular flexibility index (Phi) is 4.79. The van der Waals surface area contributed by atoms with Crippen LogP contribution in [0.15, 0.2) is 0 Å². The summed E-state index contributed by atoms with van der Waals surface area (Å²) in [6.07, 6.45) is 9.06. The van der Waals surface area contributed by atoms with E-state index in [0.717, 1.165) is 32.2 Å². The van der Waals surface area contributed by atoms with Crippen molar-refractivity contribution in [3.63, 3.8) is 0 Å². The molecule has 3 heteroatoms. The Bertz CT molecular complexity index is 257. The van der Waals surface area contributed by atoms with Gasteiger partial charge in [0.2, 0.25) is 0 Å². The van der Waals surface area contributed by atoms with Gasteiger partial charge < -0.3 is 10.5 Å². The predicted octanol–water partition coefficient (Wildman–Crippen LogP) is 2.01. The second-order valence-electron chi connectivity index (χ2n) is 5.40. The van der Waals surface area contributed by atoms with Crippen molar-refractivity contribution in [2.45, 2.75) is 64.1 Å². The fourth-order valence-electron chi connectivity index (χ4n) is 2.54. The molecule has 0 aromatic rings. The van der Waals surface area contributed by atoms with Crippen LogP contribution in [0, 0.1) is 12.3 Å². The zero-order chi connectivity index (χ0) is 12.2. The third kappa shape index (κ3) is 3.48. The number of rotatable bonds is 4. The van der Waals surface area contributed by atoms with E-state index >= 15 is 0 Å². The average Bonchev–Trinajstić information content (AvgIpc) is 2.20. The molecule has 0 saturated carbocycles. The minimum absolute atomic E-state index is 0.137. The van der Waals surface area contributed by atoms with Gasteiger partial charge in [0.05, 0.1) is 0 Å². The van der Waals surface area contributed by atoms with E-state index in [1.807, 2.05) is 0 Å². The van der Waals surface area contributed by atoms with Crippen molar-refractivity contribution in [1.29, 1.82) is 0 Å². The van der Waals surface area contributed by atoms with E-state index in [-0.39, 0.29) is 11.6 Å². The smallest absolute Gasteiger partial charge is 0.0422 e. The molecule has 92 valence electrons. The monoisotopic (exact) mass is 224 g/mol. The van der Waals surface area contributed by atoms with Crippen LogP contribution >= 0.6 is 0 Å². The SMILES string of the molecule is C#CCCCNC1CC(C)N(O)C(C)(C)C1. The van der Waals surface area contributed by atoms with E-state index in [4.69, 9.17) is 6.42 Å². The molecule has 0 aromatic heterocycles. The highest BCUT2D eigenvalue weighted by Crippen LogP contribution is 2.29. The highest BCUT2D eigenvalue weighted by atomic mass is 16.5. The summed E-state index contributed by atoms with van der Waals surface area (Å²) in [5.74, 6) is 2.65. The Hall–Kier alpha value is -0.560. The van der Waals surface area contributed by atoms with Gasteiger partial charge in [-0.05, 0) is 46.6 Å². The first-order valence-corrected chi connectivity index (χ1v) is 6.12. The van der Waals surface area contributed by atoms with Crippen LogP contribution in [-0.4, -0.2) is 34.4 Å². The molecule has 1 aliphatic heterocycles. The summed E-state index contributed by atoms with van der Waals surface area (Å²) in [6.45, 7) is 7.21. The van der Waals surface area contributed by atoms with Crippen molar-refractivity contribution in [3.05, 3.63) is 0 Å². The van der Waals surface area contributed by atoms with E-state index in [2.05, 4.69) is 32.0 Å². The van der Waals surface area contributed by atoms with Crippen molar-refractivity contribution in [3.8, 4) is 12.3 Å². The van der Waals surface area contributed by atoms with Crippen LogP contribution in [-0.2, 0) is 0 Å². The van der Waals surface area contributed by atoms with Crippen molar-refractivity contribution in [2.75, 3.05) is 6.54 Å². The Labute approximate surface area is 99.2 Å². The summed E-state index contributed by atoms with van der Waals surface area (Å²) in [6, 6.07) is 0.708. The molecule has 0 aromatic carbocycles. The largest absolute Gasteiger partial charge is 0.314 e. The summed E-state index contributed by atoms with van der Waals surface area (Å²) in [7, 11) is 0. The van der Waals surface area contributed by atoms with E-state index in [1.54, 1.807) is 0 Å². The minimum Gasteiger partial charge on any atom is -0.314 e. The van der Waals surface area contributed by atoms with Crippen LogP contribution in [0.1, 0.15) is 46.5 Å². The number of nitrogens with zero attached hydrogens (tertiary/aromatic N) is 1. The van der Waals surface area contributed by atoms with Gasteiger partial charge >= 0.3 is 0 Å². The van der Waals surface area contributed by atoms with Gasteiger partial charge in [0, 0.05) is 24.0 Å². The third-order valence-electron chi connectivity index (χ3n) is 3.34. The lowest BCUT2D eigenvalue weighted by Crippen LogP contribution is -2.57. The van der Waals surface area contributed by atoms with Crippen molar-refractivity contribution < 1.29 is 5.21 Å². The summed E-state index contributed by atoms with van der Waals surface area (Å²) in [5.41, 5.74) is -0.137. The van der Waals surface area contributed by atoms with E-state index in [1.165, 1.54) is 5.06 Å². The number of terminal acetylenes is 1. The molecule has 0 amide bonds. The van der Waals surface area contributed by atoms with Crippen molar-refractivity contribution in [1.82, 2.24) is 10.4 Å². The van der Waals surface area contributed by atoms with Gasteiger partial charge in [-0.15, -0.1) is 12.3 Å². The molecule has 1 saturated heterocycles. The predicted molar refractivity (Wildman–Crippen MR) is 66.3 cm³/mol. The number of nitrogens with one attached hydrogen (secondary N) is 1. The van der Waals surface area contributed by atoms with Gasteiger partial charge in [0.1, 0.15) is 0 Å². The van der Waals surface area contributed by atoms with Crippen molar-refractivity contribution >= 4 is 0 Å². The molecule has 2 atom stereocenters. The Morgan fingerprint density at radius 2 is 2.25 bits per heavy atom. The topological polar surface area (TPSA) is 35.5 Å². The number of hydrogen-bond acceptors (Lipinski definition) is 3. The molecule has 0 spiro atoms. The van der Waals surface area contributed by atoms with E-state index in [9.17, 15) is 5.21 Å². The molecular formula is C13H24N2O.